The molecule has 4 heteroatoms. The molecular weight excluding hydrogens is 202 g/mol. The monoisotopic (exact) mass is 229 g/mol. The summed E-state index contributed by atoms with van der Waals surface area (Å²) in [5.74, 6) is 0.571. The van der Waals surface area contributed by atoms with E-state index in [-0.39, 0.29) is 12.5 Å². The summed E-state index contributed by atoms with van der Waals surface area (Å²) in [4.78, 5) is 13.5. The van der Waals surface area contributed by atoms with Gasteiger partial charge in [0, 0.05) is 12.6 Å². The summed E-state index contributed by atoms with van der Waals surface area (Å²) >= 11 is 0. The third kappa shape index (κ3) is 6.08. The molecule has 0 spiro atoms. The first-order chi connectivity index (χ1) is 7.54. The van der Waals surface area contributed by atoms with E-state index in [1.54, 1.807) is 0 Å². The van der Waals surface area contributed by atoms with E-state index in [1.165, 1.54) is 0 Å². The second-order valence-corrected chi connectivity index (χ2v) is 4.51. The lowest BCUT2D eigenvalue weighted by molar-refractivity contribution is -0.120. The highest BCUT2D eigenvalue weighted by molar-refractivity contribution is 5.77. The predicted molar refractivity (Wildman–Crippen MR) is 68.2 cm³/mol. The van der Waals surface area contributed by atoms with Gasteiger partial charge in [0.1, 0.15) is 0 Å². The number of nitrogens with two attached hydrogens (primary N) is 1. The normalized spacial score (nSPS) is 13.2. The van der Waals surface area contributed by atoms with Crippen molar-refractivity contribution >= 4 is 5.91 Å². The Hall–Kier alpha value is -0.610. The van der Waals surface area contributed by atoms with Crippen LogP contribution in [0.3, 0.4) is 0 Å². The maximum Gasteiger partial charge on any atom is 0.233 e. The molecule has 0 aromatic rings. The van der Waals surface area contributed by atoms with Gasteiger partial charge in [0.2, 0.25) is 5.91 Å². The molecule has 0 rings (SSSR count). The number of carbonyl (C=O) groups excluding carboxylic acids is 1. The molecule has 0 aliphatic heterocycles. The molecule has 0 heterocycles. The second kappa shape index (κ2) is 8.53. The minimum Gasteiger partial charge on any atom is -0.353 e. The molecule has 1 atom stereocenters. The van der Waals surface area contributed by atoms with Gasteiger partial charge < -0.3 is 11.1 Å². The van der Waals surface area contributed by atoms with Crippen LogP contribution in [-0.2, 0) is 4.79 Å². The minimum absolute atomic E-state index is 0.0686. The van der Waals surface area contributed by atoms with E-state index in [0.29, 0.717) is 18.5 Å². The van der Waals surface area contributed by atoms with Gasteiger partial charge in [-0.05, 0) is 25.4 Å². The van der Waals surface area contributed by atoms with Crippen molar-refractivity contribution in [2.75, 3.05) is 26.2 Å². The van der Waals surface area contributed by atoms with Crippen molar-refractivity contribution in [3.63, 3.8) is 0 Å². The molecule has 1 amide bonds. The lowest BCUT2D eigenvalue weighted by Gasteiger charge is -2.31. The molecule has 0 radical (unpaired) electrons. The van der Waals surface area contributed by atoms with Gasteiger partial charge in [0.05, 0.1) is 6.54 Å². The van der Waals surface area contributed by atoms with Gasteiger partial charge in [-0.1, -0.05) is 27.7 Å². The van der Waals surface area contributed by atoms with Crippen molar-refractivity contribution in [3.8, 4) is 0 Å². The van der Waals surface area contributed by atoms with Gasteiger partial charge >= 0.3 is 0 Å². The molecule has 0 aromatic carbocycles. The molecular formula is C12H27N3O. The summed E-state index contributed by atoms with van der Waals surface area (Å²) in [7, 11) is 0. The van der Waals surface area contributed by atoms with E-state index in [9.17, 15) is 4.79 Å². The van der Waals surface area contributed by atoms with Crippen molar-refractivity contribution in [1.29, 1.82) is 0 Å². The molecule has 3 N–H and O–H groups in total. The standard InChI is InChI=1S/C12H27N3O/c1-5-15(6-2)11(7-10(3)4)9-14-12(16)8-13/h10-11H,5-9,13H2,1-4H3,(H,14,16). The van der Waals surface area contributed by atoms with Crippen LogP contribution in [0.15, 0.2) is 0 Å². The summed E-state index contributed by atoms with van der Waals surface area (Å²) in [6, 6.07) is 0.422. The number of hydrogen-bond acceptors (Lipinski definition) is 3. The van der Waals surface area contributed by atoms with E-state index in [1.807, 2.05) is 0 Å². The van der Waals surface area contributed by atoms with Crippen molar-refractivity contribution in [2.24, 2.45) is 11.7 Å². The zero-order chi connectivity index (χ0) is 12.6. The largest absolute Gasteiger partial charge is 0.353 e. The van der Waals surface area contributed by atoms with Crippen LogP contribution >= 0.6 is 0 Å². The van der Waals surface area contributed by atoms with Crippen LogP contribution in [0, 0.1) is 5.92 Å². The molecule has 0 aromatic heterocycles. The van der Waals surface area contributed by atoms with E-state index < -0.39 is 0 Å². The molecule has 0 aliphatic carbocycles. The number of nitrogens with zero attached hydrogens (tertiary/aromatic N) is 1. The van der Waals surface area contributed by atoms with E-state index >= 15 is 0 Å². The molecule has 4 nitrogen and oxygen atoms in total. The van der Waals surface area contributed by atoms with Gasteiger partial charge in [-0.15, -0.1) is 0 Å². The smallest absolute Gasteiger partial charge is 0.233 e. The number of rotatable bonds is 8. The Morgan fingerprint density at radius 2 is 1.88 bits per heavy atom. The Kier molecular flexibility index (Phi) is 8.21. The van der Waals surface area contributed by atoms with Crippen LogP contribution in [-0.4, -0.2) is 43.0 Å². The summed E-state index contributed by atoms with van der Waals surface area (Å²) in [5, 5.41) is 2.88. The molecule has 1 unspecified atom stereocenters. The third-order valence-electron chi connectivity index (χ3n) is 2.79. The first-order valence-corrected chi connectivity index (χ1v) is 6.25. The number of amides is 1. The highest BCUT2D eigenvalue weighted by atomic mass is 16.1. The van der Waals surface area contributed by atoms with Gasteiger partial charge in [0.15, 0.2) is 0 Å². The highest BCUT2D eigenvalue weighted by Crippen LogP contribution is 2.10. The zero-order valence-corrected chi connectivity index (χ0v) is 11.1. The van der Waals surface area contributed by atoms with Crippen molar-refractivity contribution < 1.29 is 4.79 Å². The summed E-state index contributed by atoms with van der Waals surface area (Å²) in [6.07, 6.45) is 1.10. The van der Waals surface area contributed by atoms with Crippen LogP contribution in [0.5, 0.6) is 0 Å². The van der Waals surface area contributed by atoms with Crippen LogP contribution < -0.4 is 11.1 Å². The average Bonchev–Trinajstić information content (AvgIpc) is 2.26. The topological polar surface area (TPSA) is 58.4 Å². The number of likely N-dealkylation sites (N-methyl/N-ethyl adjacent to an activating group) is 1. The van der Waals surface area contributed by atoms with Gasteiger partial charge in [-0.25, -0.2) is 0 Å². The molecule has 16 heavy (non-hydrogen) atoms. The summed E-state index contributed by atoms with van der Waals surface area (Å²) in [5.41, 5.74) is 5.27. The Morgan fingerprint density at radius 3 is 2.25 bits per heavy atom. The van der Waals surface area contributed by atoms with Crippen LogP contribution in [0.25, 0.3) is 0 Å². The van der Waals surface area contributed by atoms with Gasteiger partial charge in [-0.2, -0.15) is 0 Å². The van der Waals surface area contributed by atoms with E-state index in [4.69, 9.17) is 5.73 Å². The van der Waals surface area contributed by atoms with Gasteiger partial charge in [0.25, 0.3) is 0 Å². The Bertz CT molecular complexity index is 191. The predicted octanol–water partition coefficient (Wildman–Crippen LogP) is 0.818. The van der Waals surface area contributed by atoms with E-state index in [2.05, 4.69) is 37.9 Å². The summed E-state index contributed by atoms with van der Waals surface area (Å²) < 4.78 is 0. The number of hydrogen-bond donors (Lipinski definition) is 2. The molecule has 0 bridgehead atoms. The Morgan fingerprint density at radius 1 is 1.31 bits per heavy atom. The Labute approximate surface area is 99.6 Å². The third-order valence-corrected chi connectivity index (χ3v) is 2.79. The first-order valence-electron chi connectivity index (χ1n) is 6.25. The highest BCUT2D eigenvalue weighted by Gasteiger charge is 2.17. The lowest BCUT2D eigenvalue weighted by atomic mass is 10.0. The van der Waals surface area contributed by atoms with Gasteiger partial charge in [-0.3, -0.25) is 9.69 Å². The van der Waals surface area contributed by atoms with E-state index in [0.717, 1.165) is 19.5 Å². The fourth-order valence-electron chi connectivity index (χ4n) is 1.95. The molecule has 0 saturated heterocycles. The quantitative estimate of drug-likeness (QED) is 0.648. The summed E-state index contributed by atoms with van der Waals surface area (Å²) in [6.45, 7) is 11.5. The molecule has 0 aliphatic rings. The van der Waals surface area contributed by atoms with Crippen LogP contribution in [0.4, 0.5) is 0 Å². The maximum absolute atomic E-state index is 11.1. The number of nitrogens with one attached hydrogen (secondary N) is 1. The Balaban J connectivity index is 4.24. The van der Waals surface area contributed by atoms with Crippen molar-refractivity contribution in [3.05, 3.63) is 0 Å². The minimum atomic E-state index is -0.0686. The fourth-order valence-corrected chi connectivity index (χ4v) is 1.95. The van der Waals surface area contributed by atoms with Crippen molar-refractivity contribution in [2.45, 2.75) is 40.2 Å². The molecule has 0 fully saturated rings. The van der Waals surface area contributed by atoms with Crippen LogP contribution in [0.2, 0.25) is 0 Å². The SMILES string of the molecule is CCN(CC)C(CNC(=O)CN)CC(C)C. The average molecular weight is 229 g/mol. The van der Waals surface area contributed by atoms with Crippen molar-refractivity contribution in [1.82, 2.24) is 10.2 Å². The second-order valence-electron chi connectivity index (χ2n) is 4.51. The zero-order valence-electron chi connectivity index (χ0n) is 11.1. The van der Waals surface area contributed by atoms with Crippen LogP contribution in [0.1, 0.15) is 34.1 Å². The maximum atomic E-state index is 11.1. The molecule has 96 valence electrons. The first kappa shape index (κ1) is 15.4. The fraction of sp³-hybridized carbons (Fsp3) is 0.917. The molecule has 0 saturated carbocycles. The lowest BCUT2D eigenvalue weighted by Crippen LogP contribution is -2.45. The number of carbonyl (C=O) groups is 1.